The van der Waals surface area contributed by atoms with Crippen LogP contribution >= 0.6 is 0 Å². The highest BCUT2D eigenvalue weighted by atomic mass is 32.2. The molecule has 1 aromatic rings. The van der Waals surface area contributed by atoms with E-state index in [2.05, 4.69) is 4.72 Å². The van der Waals surface area contributed by atoms with Gasteiger partial charge in [0, 0.05) is 25.2 Å². The summed E-state index contributed by atoms with van der Waals surface area (Å²) in [6, 6.07) is 7.34. The minimum Gasteiger partial charge on any atom is -0.494 e. The van der Waals surface area contributed by atoms with Crippen molar-refractivity contribution in [1.29, 1.82) is 0 Å². The van der Waals surface area contributed by atoms with Crippen LogP contribution in [0.5, 0.6) is 5.75 Å². The molecule has 2 rings (SSSR count). The number of rotatable bonds is 6. The van der Waals surface area contributed by atoms with Crippen molar-refractivity contribution in [2.45, 2.75) is 13.3 Å². The number of anilines is 1. The van der Waals surface area contributed by atoms with Gasteiger partial charge in [0.1, 0.15) is 5.75 Å². The SMILES string of the molecule is CCOc1ccc(N2CC(CNS(C)(=O)=O)CC2=O)cc1. The number of sulfonamides is 1. The molecule has 21 heavy (non-hydrogen) atoms. The molecule has 0 aromatic heterocycles. The van der Waals surface area contributed by atoms with Crippen molar-refractivity contribution in [3.63, 3.8) is 0 Å². The van der Waals surface area contributed by atoms with Crippen molar-refractivity contribution >= 4 is 21.6 Å². The van der Waals surface area contributed by atoms with Crippen molar-refractivity contribution in [2.75, 3.05) is 30.9 Å². The van der Waals surface area contributed by atoms with Crippen molar-refractivity contribution in [2.24, 2.45) is 5.92 Å². The zero-order chi connectivity index (χ0) is 15.5. The molecule has 1 aromatic carbocycles. The van der Waals surface area contributed by atoms with Crippen molar-refractivity contribution in [3.05, 3.63) is 24.3 Å². The normalized spacial score (nSPS) is 19.0. The molecule has 0 radical (unpaired) electrons. The molecule has 0 aliphatic carbocycles. The van der Waals surface area contributed by atoms with Gasteiger partial charge in [-0.1, -0.05) is 0 Å². The second-order valence-corrected chi connectivity index (χ2v) is 6.96. The van der Waals surface area contributed by atoms with E-state index in [-0.39, 0.29) is 18.4 Å². The predicted octanol–water partition coefficient (Wildman–Crippen LogP) is 0.987. The Morgan fingerprint density at radius 3 is 2.57 bits per heavy atom. The fourth-order valence-electron chi connectivity index (χ4n) is 2.33. The van der Waals surface area contributed by atoms with E-state index in [1.165, 1.54) is 0 Å². The molecular weight excluding hydrogens is 292 g/mol. The fraction of sp³-hybridized carbons (Fsp3) is 0.500. The summed E-state index contributed by atoms with van der Waals surface area (Å²) in [5.41, 5.74) is 0.810. The second-order valence-electron chi connectivity index (χ2n) is 5.12. The summed E-state index contributed by atoms with van der Waals surface area (Å²) >= 11 is 0. The second kappa shape index (κ2) is 6.44. The van der Waals surface area contributed by atoms with Crippen LogP contribution in [0.25, 0.3) is 0 Å². The number of nitrogens with one attached hydrogen (secondary N) is 1. The van der Waals surface area contributed by atoms with E-state index in [1.807, 2.05) is 31.2 Å². The summed E-state index contributed by atoms with van der Waals surface area (Å²) in [6.45, 7) is 3.33. The average molecular weight is 312 g/mol. The van der Waals surface area contributed by atoms with E-state index in [4.69, 9.17) is 4.74 Å². The molecular formula is C14H20N2O4S. The number of nitrogens with zero attached hydrogens (tertiary/aromatic N) is 1. The fourth-order valence-corrected chi connectivity index (χ4v) is 2.86. The molecule has 1 fully saturated rings. The maximum absolute atomic E-state index is 12.0. The Kier molecular flexibility index (Phi) is 4.84. The van der Waals surface area contributed by atoms with E-state index in [9.17, 15) is 13.2 Å². The molecule has 1 unspecified atom stereocenters. The molecule has 1 atom stereocenters. The van der Waals surface area contributed by atoms with E-state index in [1.54, 1.807) is 4.90 Å². The lowest BCUT2D eigenvalue weighted by Gasteiger charge is -2.17. The van der Waals surface area contributed by atoms with Gasteiger partial charge in [-0.2, -0.15) is 0 Å². The Morgan fingerprint density at radius 1 is 1.33 bits per heavy atom. The van der Waals surface area contributed by atoms with E-state index >= 15 is 0 Å². The Hall–Kier alpha value is -1.60. The van der Waals surface area contributed by atoms with Crippen LogP contribution in [0.1, 0.15) is 13.3 Å². The lowest BCUT2D eigenvalue weighted by atomic mass is 10.1. The molecule has 116 valence electrons. The minimum atomic E-state index is -3.22. The smallest absolute Gasteiger partial charge is 0.227 e. The van der Waals surface area contributed by atoms with Gasteiger partial charge < -0.3 is 9.64 Å². The molecule has 1 N–H and O–H groups in total. The standard InChI is InChI=1S/C14H20N2O4S/c1-3-20-13-6-4-12(5-7-13)16-10-11(8-14(16)17)9-15-21(2,18)19/h4-7,11,15H,3,8-10H2,1-2H3. The number of benzene rings is 1. The summed E-state index contributed by atoms with van der Waals surface area (Å²) in [5.74, 6) is 0.779. The molecule has 0 saturated carbocycles. The molecule has 1 aliphatic heterocycles. The van der Waals surface area contributed by atoms with Crippen molar-refractivity contribution in [3.8, 4) is 5.75 Å². The lowest BCUT2D eigenvalue weighted by molar-refractivity contribution is -0.117. The van der Waals surface area contributed by atoms with Gasteiger partial charge in [-0.15, -0.1) is 0 Å². The molecule has 1 aliphatic rings. The summed E-state index contributed by atoms with van der Waals surface area (Å²) < 4.78 is 30.0. The third-order valence-corrected chi connectivity index (χ3v) is 3.99. The Labute approximate surface area is 125 Å². The number of carbonyl (C=O) groups excluding carboxylic acids is 1. The zero-order valence-electron chi connectivity index (χ0n) is 12.2. The maximum atomic E-state index is 12.0. The molecule has 7 heteroatoms. The highest BCUT2D eigenvalue weighted by molar-refractivity contribution is 7.88. The Bertz CT molecular complexity index is 598. The van der Waals surface area contributed by atoms with Gasteiger partial charge in [-0.25, -0.2) is 13.1 Å². The van der Waals surface area contributed by atoms with Crippen LogP contribution < -0.4 is 14.4 Å². The van der Waals surface area contributed by atoms with E-state index in [0.29, 0.717) is 19.6 Å². The first-order valence-electron chi connectivity index (χ1n) is 6.87. The highest BCUT2D eigenvalue weighted by Crippen LogP contribution is 2.26. The van der Waals surface area contributed by atoms with Crippen LogP contribution in [0.4, 0.5) is 5.69 Å². The predicted molar refractivity (Wildman–Crippen MR) is 80.9 cm³/mol. The van der Waals surface area contributed by atoms with Gasteiger partial charge in [-0.3, -0.25) is 4.79 Å². The molecule has 0 bridgehead atoms. The van der Waals surface area contributed by atoms with Gasteiger partial charge in [0.25, 0.3) is 0 Å². The van der Waals surface area contributed by atoms with Crippen LogP contribution in [0.2, 0.25) is 0 Å². The first kappa shape index (κ1) is 15.8. The maximum Gasteiger partial charge on any atom is 0.227 e. The summed E-state index contributed by atoms with van der Waals surface area (Å²) in [7, 11) is -3.22. The van der Waals surface area contributed by atoms with Crippen LogP contribution in [-0.2, 0) is 14.8 Å². The van der Waals surface area contributed by atoms with Gasteiger partial charge in [-0.05, 0) is 37.1 Å². The highest BCUT2D eigenvalue weighted by Gasteiger charge is 2.30. The summed E-state index contributed by atoms with van der Waals surface area (Å²) in [6.07, 6.45) is 1.48. The van der Waals surface area contributed by atoms with E-state index in [0.717, 1.165) is 17.7 Å². The molecule has 1 saturated heterocycles. The van der Waals surface area contributed by atoms with Gasteiger partial charge >= 0.3 is 0 Å². The topological polar surface area (TPSA) is 75.7 Å². The number of carbonyl (C=O) groups is 1. The third-order valence-electron chi connectivity index (χ3n) is 3.30. The Morgan fingerprint density at radius 2 is 2.00 bits per heavy atom. The van der Waals surface area contributed by atoms with Crippen molar-refractivity contribution < 1.29 is 17.9 Å². The average Bonchev–Trinajstić information content (AvgIpc) is 2.78. The van der Waals surface area contributed by atoms with Crippen molar-refractivity contribution in [1.82, 2.24) is 4.72 Å². The molecule has 1 amide bonds. The molecule has 6 nitrogen and oxygen atoms in total. The number of ether oxygens (including phenoxy) is 1. The largest absolute Gasteiger partial charge is 0.494 e. The Balaban J connectivity index is 1.99. The van der Waals surface area contributed by atoms with Gasteiger partial charge in [0.05, 0.1) is 12.9 Å². The number of hydrogen-bond acceptors (Lipinski definition) is 4. The zero-order valence-corrected chi connectivity index (χ0v) is 13.0. The lowest BCUT2D eigenvalue weighted by Crippen LogP contribution is -2.30. The number of amides is 1. The first-order chi connectivity index (χ1) is 9.89. The molecule has 0 spiro atoms. The van der Waals surface area contributed by atoms with E-state index < -0.39 is 10.0 Å². The quantitative estimate of drug-likeness (QED) is 0.850. The monoisotopic (exact) mass is 312 g/mol. The first-order valence-corrected chi connectivity index (χ1v) is 8.76. The van der Waals surface area contributed by atoms with Gasteiger partial charge in [0.2, 0.25) is 15.9 Å². The summed E-state index contributed by atoms with van der Waals surface area (Å²) in [4.78, 5) is 13.7. The van der Waals surface area contributed by atoms with Crippen LogP contribution in [0.3, 0.4) is 0 Å². The summed E-state index contributed by atoms with van der Waals surface area (Å²) in [5, 5.41) is 0. The minimum absolute atomic E-state index is 0.00112. The third kappa shape index (κ3) is 4.44. The van der Waals surface area contributed by atoms with Crippen LogP contribution in [0, 0.1) is 5.92 Å². The number of hydrogen-bond donors (Lipinski definition) is 1. The van der Waals surface area contributed by atoms with Gasteiger partial charge in [0.15, 0.2) is 0 Å². The molecule has 1 heterocycles. The van der Waals surface area contributed by atoms with Crippen LogP contribution in [0.15, 0.2) is 24.3 Å². The van der Waals surface area contributed by atoms with Crippen LogP contribution in [-0.4, -0.2) is 40.3 Å².